The fourth-order valence-electron chi connectivity index (χ4n) is 0.756. The predicted molar refractivity (Wildman–Crippen MR) is 60.4 cm³/mol. The SMILES string of the molecule is O=C(Nc1ccccc1Cl)C(Cl)(Cl)Cl. The highest BCUT2D eigenvalue weighted by Crippen LogP contribution is 2.29. The van der Waals surface area contributed by atoms with Crippen molar-refractivity contribution in [3.63, 3.8) is 0 Å². The van der Waals surface area contributed by atoms with Crippen molar-refractivity contribution in [2.24, 2.45) is 0 Å². The van der Waals surface area contributed by atoms with Crippen molar-refractivity contribution in [2.75, 3.05) is 5.32 Å². The minimum absolute atomic E-state index is 0.384. The van der Waals surface area contributed by atoms with Crippen LogP contribution < -0.4 is 5.32 Å². The van der Waals surface area contributed by atoms with Gasteiger partial charge in [0.1, 0.15) is 0 Å². The lowest BCUT2D eigenvalue weighted by Gasteiger charge is -2.11. The number of halogens is 4. The Morgan fingerprint density at radius 3 is 2.29 bits per heavy atom. The highest BCUT2D eigenvalue weighted by atomic mass is 35.6. The Labute approximate surface area is 101 Å². The number of carbonyl (C=O) groups is 1. The maximum atomic E-state index is 11.2. The summed E-state index contributed by atoms with van der Waals surface area (Å²) in [4.78, 5) is 11.2. The van der Waals surface area contributed by atoms with E-state index in [1.807, 2.05) is 0 Å². The third-order valence-electron chi connectivity index (χ3n) is 1.38. The van der Waals surface area contributed by atoms with Crippen molar-refractivity contribution in [1.82, 2.24) is 0 Å². The quantitative estimate of drug-likeness (QED) is 0.777. The molecule has 1 amide bonds. The minimum atomic E-state index is -1.99. The molecule has 0 bridgehead atoms. The molecule has 0 aliphatic carbocycles. The summed E-state index contributed by atoms with van der Waals surface area (Å²) < 4.78 is -1.99. The fourth-order valence-corrected chi connectivity index (χ4v) is 1.08. The number of anilines is 1. The second-order valence-electron chi connectivity index (χ2n) is 2.43. The summed E-state index contributed by atoms with van der Waals surface area (Å²) in [5.74, 6) is -0.740. The van der Waals surface area contributed by atoms with E-state index in [-0.39, 0.29) is 0 Å². The second kappa shape index (κ2) is 4.58. The van der Waals surface area contributed by atoms with Crippen LogP contribution in [0, 0.1) is 0 Å². The van der Waals surface area contributed by atoms with E-state index in [1.54, 1.807) is 24.3 Å². The Hall–Kier alpha value is -0.150. The topological polar surface area (TPSA) is 29.1 Å². The molecule has 14 heavy (non-hydrogen) atoms. The molecule has 76 valence electrons. The Kier molecular flexibility index (Phi) is 3.90. The van der Waals surface area contributed by atoms with Gasteiger partial charge < -0.3 is 5.32 Å². The van der Waals surface area contributed by atoms with Crippen LogP contribution in [-0.2, 0) is 4.79 Å². The van der Waals surface area contributed by atoms with E-state index in [9.17, 15) is 4.79 Å². The lowest BCUT2D eigenvalue weighted by atomic mass is 10.3. The van der Waals surface area contributed by atoms with E-state index in [4.69, 9.17) is 46.4 Å². The monoisotopic (exact) mass is 271 g/mol. The van der Waals surface area contributed by atoms with Crippen LogP contribution in [0.15, 0.2) is 24.3 Å². The van der Waals surface area contributed by atoms with Gasteiger partial charge in [0.05, 0.1) is 10.7 Å². The number of amides is 1. The van der Waals surface area contributed by atoms with Gasteiger partial charge in [-0.15, -0.1) is 0 Å². The Morgan fingerprint density at radius 1 is 1.21 bits per heavy atom. The zero-order valence-electron chi connectivity index (χ0n) is 6.73. The zero-order chi connectivity index (χ0) is 10.8. The molecule has 2 nitrogen and oxygen atoms in total. The number of nitrogens with one attached hydrogen (secondary N) is 1. The molecule has 0 saturated carbocycles. The molecule has 0 spiro atoms. The minimum Gasteiger partial charge on any atom is -0.321 e. The maximum absolute atomic E-state index is 11.2. The number of rotatable bonds is 1. The molecule has 0 unspecified atom stereocenters. The lowest BCUT2D eigenvalue weighted by Crippen LogP contribution is -2.27. The molecule has 0 aliphatic rings. The summed E-state index contributed by atoms with van der Waals surface area (Å²) in [6.07, 6.45) is 0. The first-order chi connectivity index (χ1) is 6.41. The Balaban J connectivity index is 2.80. The molecule has 0 radical (unpaired) electrons. The molecular weight excluding hydrogens is 268 g/mol. The van der Waals surface area contributed by atoms with Crippen molar-refractivity contribution >= 4 is 58.0 Å². The molecule has 1 aromatic rings. The molecule has 0 fully saturated rings. The molecule has 0 saturated heterocycles. The fraction of sp³-hybridized carbons (Fsp3) is 0.125. The van der Waals surface area contributed by atoms with E-state index in [1.165, 1.54) is 0 Å². The van der Waals surface area contributed by atoms with E-state index in [0.29, 0.717) is 10.7 Å². The molecule has 0 aromatic heterocycles. The normalized spacial score (nSPS) is 11.1. The number of benzene rings is 1. The summed E-state index contributed by atoms with van der Waals surface area (Å²) in [5, 5.41) is 2.77. The Bertz CT molecular complexity index is 347. The van der Waals surface area contributed by atoms with Crippen LogP contribution in [-0.4, -0.2) is 9.70 Å². The van der Waals surface area contributed by atoms with Crippen molar-refractivity contribution < 1.29 is 4.79 Å². The van der Waals surface area contributed by atoms with Gasteiger partial charge in [-0.2, -0.15) is 0 Å². The van der Waals surface area contributed by atoms with E-state index in [0.717, 1.165) is 0 Å². The first kappa shape index (κ1) is 11.9. The second-order valence-corrected chi connectivity index (χ2v) is 5.12. The average Bonchev–Trinajstić information content (AvgIpc) is 2.07. The largest absolute Gasteiger partial charge is 0.321 e. The van der Waals surface area contributed by atoms with Crippen LogP contribution in [0.3, 0.4) is 0 Å². The van der Waals surface area contributed by atoms with Crippen LogP contribution in [0.5, 0.6) is 0 Å². The first-order valence-corrected chi connectivity index (χ1v) is 5.05. The number of hydrogen-bond donors (Lipinski definition) is 1. The van der Waals surface area contributed by atoms with Crippen molar-refractivity contribution in [3.05, 3.63) is 29.3 Å². The number of carbonyl (C=O) groups excluding carboxylic acids is 1. The van der Waals surface area contributed by atoms with E-state index in [2.05, 4.69) is 5.32 Å². The predicted octanol–water partition coefficient (Wildman–Crippen LogP) is 3.65. The van der Waals surface area contributed by atoms with Gasteiger partial charge in [0.15, 0.2) is 0 Å². The van der Waals surface area contributed by atoms with Crippen LogP contribution in [0.1, 0.15) is 0 Å². The van der Waals surface area contributed by atoms with Gasteiger partial charge in [-0.05, 0) is 12.1 Å². The van der Waals surface area contributed by atoms with Gasteiger partial charge in [0.25, 0.3) is 9.70 Å². The molecule has 0 aliphatic heterocycles. The van der Waals surface area contributed by atoms with Gasteiger partial charge in [-0.3, -0.25) is 4.79 Å². The molecule has 0 atom stereocenters. The first-order valence-electron chi connectivity index (χ1n) is 3.54. The summed E-state index contributed by atoms with van der Waals surface area (Å²) in [6.45, 7) is 0. The van der Waals surface area contributed by atoms with Crippen molar-refractivity contribution in [1.29, 1.82) is 0 Å². The van der Waals surface area contributed by atoms with Gasteiger partial charge in [-0.25, -0.2) is 0 Å². The summed E-state index contributed by atoms with van der Waals surface area (Å²) in [6, 6.07) is 6.67. The highest BCUT2D eigenvalue weighted by Gasteiger charge is 2.30. The Morgan fingerprint density at radius 2 is 1.79 bits per heavy atom. The number of hydrogen-bond acceptors (Lipinski definition) is 1. The molecular formula is C8H5Cl4NO. The average molecular weight is 273 g/mol. The summed E-state index contributed by atoms with van der Waals surface area (Å²) >= 11 is 21.9. The zero-order valence-corrected chi connectivity index (χ0v) is 9.75. The van der Waals surface area contributed by atoms with E-state index >= 15 is 0 Å². The summed E-state index contributed by atoms with van der Waals surface area (Å²) in [5.41, 5.74) is 0.408. The van der Waals surface area contributed by atoms with Gasteiger partial charge in [-0.1, -0.05) is 58.5 Å². The van der Waals surface area contributed by atoms with Gasteiger partial charge in [0, 0.05) is 0 Å². The van der Waals surface area contributed by atoms with Crippen LogP contribution in [0.4, 0.5) is 5.69 Å². The molecule has 1 N–H and O–H groups in total. The van der Waals surface area contributed by atoms with Crippen LogP contribution >= 0.6 is 46.4 Å². The van der Waals surface area contributed by atoms with Crippen LogP contribution in [0.2, 0.25) is 5.02 Å². The standard InChI is InChI=1S/C8H5Cl4NO/c9-5-3-1-2-4-6(5)13-7(14)8(10,11)12/h1-4H,(H,13,14). The summed E-state index contributed by atoms with van der Waals surface area (Å²) in [7, 11) is 0. The number of para-hydroxylation sites is 1. The van der Waals surface area contributed by atoms with Crippen LogP contribution in [0.25, 0.3) is 0 Å². The third-order valence-corrected chi connectivity index (χ3v) is 2.22. The van der Waals surface area contributed by atoms with Gasteiger partial charge in [0.2, 0.25) is 0 Å². The molecule has 1 rings (SSSR count). The van der Waals surface area contributed by atoms with Gasteiger partial charge >= 0.3 is 0 Å². The highest BCUT2D eigenvalue weighted by molar-refractivity contribution is 6.76. The van der Waals surface area contributed by atoms with Crippen molar-refractivity contribution in [2.45, 2.75) is 3.79 Å². The number of alkyl halides is 3. The molecule has 1 aromatic carbocycles. The molecule has 6 heteroatoms. The maximum Gasteiger partial charge on any atom is 0.276 e. The lowest BCUT2D eigenvalue weighted by molar-refractivity contribution is -0.115. The molecule has 0 heterocycles. The smallest absolute Gasteiger partial charge is 0.276 e. The van der Waals surface area contributed by atoms with Crippen molar-refractivity contribution in [3.8, 4) is 0 Å². The van der Waals surface area contributed by atoms with E-state index < -0.39 is 9.70 Å². The third kappa shape index (κ3) is 3.21.